The molecule has 0 aromatic heterocycles. The number of aliphatic carboxylic acids is 1. The van der Waals surface area contributed by atoms with Gasteiger partial charge in [0.05, 0.1) is 0 Å². The number of hydrogen-bond donors (Lipinski definition) is 1. The maximum atomic E-state index is 12.1. The maximum absolute atomic E-state index is 12.1. The molecule has 1 rings (SSSR count). The van der Waals surface area contributed by atoms with Gasteiger partial charge >= 0.3 is 12.0 Å². The highest BCUT2D eigenvalue weighted by molar-refractivity contribution is 7.98. The van der Waals surface area contributed by atoms with Crippen molar-refractivity contribution in [2.45, 2.75) is 25.7 Å². The van der Waals surface area contributed by atoms with Crippen LogP contribution in [0.3, 0.4) is 0 Å². The molecule has 1 aliphatic rings. The minimum Gasteiger partial charge on any atom is -0.481 e. The number of hydrogen-bond acceptors (Lipinski definition) is 3. The molecule has 1 heterocycles. The normalized spacial score (nSPS) is 16.4. The van der Waals surface area contributed by atoms with Crippen LogP contribution in [0.4, 0.5) is 4.79 Å². The number of piperidine rings is 1. The van der Waals surface area contributed by atoms with Crippen LogP contribution < -0.4 is 0 Å². The van der Waals surface area contributed by atoms with Gasteiger partial charge in [-0.05, 0) is 37.2 Å². The third-order valence-electron chi connectivity index (χ3n) is 3.52. The second kappa shape index (κ2) is 8.30. The number of rotatable bonds is 6. The summed E-state index contributed by atoms with van der Waals surface area (Å²) in [5, 5.41) is 8.76. The molecule has 0 saturated carbocycles. The molecule has 110 valence electrons. The van der Waals surface area contributed by atoms with Gasteiger partial charge in [-0.1, -0.05) is 0 Å². The molecule has 1 N–H and O–H groups in total. The Morgan fingerprint density at radius 2 is 2.00 bits per heavy atom. The summed E-state index contributed by atoms with van der Waals surface area (Å²) in [7, 11) is 1.84. The van der Waals surface area contributed by atoms with Crippen molar-refractivity contribution in [2.24, 2.45) is 5.92 Å². The lowest BCUT2D eigenvalue weighted by Crippen LogP contribution is -2.45. The number of nitrogens with zero attached hydrogens (tertiary/aromatic N) is 2. The summed E-state index contributed by atoms with van der Waals surface area (Å²) in [5.74, 6) is 0.556. The summed E-state index contributed by atoms with van der Waals surface area (Å²) in [5.41, 5.74) is 0. The zero-order valence-electron chi connectivity index (χ0n) is 11.8. The molecule has 19 heavy (non-hydrogen) atoms. The van der Waals surface area contributed by atoms with Crippen molar-refractivity contribution >= 4 is 23.8 Å². The van der Waals surface area contributed by atoms with Crippen LogP contribution in [0, 0.1) is 5.92 Å². The standard InChI is InChI=1S/C13H24N2O3S/c1-14(6-3-9-19-2)13(18)15-7-4-11(5-8-15)10-12(16)17/h11H,3-10H2,1-2H3,(H,16,17). The summed E-state index contributed by atoms with van der Waals surface area (Å²) >= 11 is 1.79. The first-order valence-electron chi connectivity index (χ1n) is 6.75. The van der Waals surface area contributed by atoms with Crippen LogP contribution in [0.5, 0.6) is 0 Å². The van der Waals surface area contributed by atoms with Gasteiger partial charge in [0.25, 0.3) is 0 Å². The van der Waals surface area contributed by atoms with Gasteiger partial charge in [0.15, 0.2) is 0 Å². The predicted octanol–water partition coefficient (Wildman–Crippen LogP) is 1.98. The number of carbonyl (C=O) groups excluding carboxylic acids is 1. The van der Waals surface area contributed by atoms with Crippen molar-refractivity contribution in [1.82, 2.24) is 9.80 Å². The topological polar surface area (TPSA) is 60.9 Å². The second-order valence-corrected chi connectivity index (χ2v) is 6.06. The van der Waals surface area contributed by atoms with E-state index in [0.717, 1.165) is 31.6 Å². The Morgan fingerprint density at radius 3 is 2.53 bits per heavy atom. The zero-order valence-corrected chi connectivity index (χ0v) is 12.6. The van der Waals surface area contributed by atoms with Crippen LogP contribution in [0.25, 0.3) is 0 Å². The molecule has 0 radical (unpaired) electrons. The molecule has 0 spiro atoms. The molecule has 0 aromatic carbocycles. The third-order valence-corrected chi connectivity index (χ3v) is 4.21. The molecule has 0 bridgehead atoms. The molecule has 1 aliphatic heterocycles. The quantitative estimate of drug-likeness (QED) is 0.759. The Bertz CT molecular complexity index is 304. The van der Waals surface area contributed by atoms with Gasteiger partial charge in [0.2, 0.25) is 0 Å². The van der Waals surface area contributed by atoms with E-state index >= 15 is 0 Å². The van der Waals surface area contributed by atoms with E-state index in [1.807, 2.05) is 11.9 Å². The molecule has 6 heteroatoms. The Morgan fingerprint density at radius 1 is 1.37 bits per heavy atom. The predicted molar refractivity (Wildman–Crippen MR) is 77.6 cm³/mol. The summed E-state index contributed by atoms with van der Waals surface area (Å²) in [6, 6.07) is 0.0786. The van der Waals surface area contributed by atoms with Crippen molar-refractivity contribution < 1.29 is 14.7 Å². The van der Waals surface area contributed by atoms with Gasteiger partial charge in [-0.2, -0.15) is 11.8 Å². The van der Waals surface area contributed by atoms with E-state index in [2.05, 4.69) is 6.26 Å². The molecule has 5 nitrogen and oxygen atoms in total. The number of carboxylic acids is 1. The lowest BCUT2D eigenvalue weighted by molar-refractivity contribution is -0.138. The number of carbonyl (C=O) groups is 2. The van der Waals surface area contributed by atoms with Crippen molar-refractivity contribution in [1.29, 1.82) is 0 Å². The van der Waals surface area contributed by atoms with Crippen LogP contribution >= 0.6 is 11.8 Å². The van der Waals surface area contributed by atoms with Crippen LogP contribution in [-0.2, 0) is 4.79 Å². The summed E-state index contributed by atoms with van der Waals surface area (Å²) in [6.07, 6.45) is 4.91. The van der Waals surface area contributed by atoms with Crippen molar-refractivity contribution in [3.8, 4) is 0 Å². The lowest BCUT2D eigenvalue weighted by Gasteiger charge is -2.34. The second-order valence-electron chi connectivity index (χ2n) is 5.08. The van der Waals surface area contributed by atoms with Gasteiger partial charge < -0.3 is 14.9 Å². The highest BCUT2D eigenvalue weighted by Crippen LogP contribution is 2.21. The highest BCUT2D eigenvalue weighted by atomic mass is 32.2. The monoisotopic (exact) mass is 288 g/mol. The van der Waals surface area contributed by atoms with Gasteiger partial charge in [0, 0.05) is 33.1 Å². The van der Waals surface area contributed by atoms with E-state index in [1.54, 1.807) is 16.7 Å². The van der Waals surface area contributed by atoms with Crippen LogP contribution in [0.2, 0.25) is 0 Å². The average Bonchev–Trinajstić information content (AvgIpc) is 2.38. The molecule has 1 saturated heterocycles. The van der Waals surface area contributed by atoms with E-state index in [4.69, 9.17) is 5.11 Å². The number of amides is 2. The smallest absolute Gasteiger partial charge is 0.319 e. The summed E-state index contributed by atoms with van der Waals surface area (Å²) in [4.78, 5) is 26.4. The minimum absolute atomic E-state index is 0.0786. The molecule has 2 amide bonds. The highest BCUT2D eigenvalue weighted by Gasteiger charge is 2.25. The summed E-state index contributed by atoms with van der Waals surface area (Å²) in [6.45, 7) is 2.15. The molecule has 1 fully saturated rings. The lowest BCUT2D eigenvalue weighted by atomic mass is 9.94. The number of urea groups is 1. The van der Waals surface area contributed by atoms with E-state index < -0.39 is 5.97 Å². The largest absolute Gasteiger partial charge is 0.481 e. The fourth-order valence-corrected chi connectivity index (χ4v) is 2.78. The Hall–Kier alpha value is -0.910. The maximum Gasteiger partial charge on any atom is 0.319 e. The molecular weight excluding hydrogens is 264 g/mol. The van der Waals surface area contributed by atoms with Crippen LogP contribution in [0.15, 0.2) is 0 Å². The first-order chi connectivity index (χ1) is 9.04. The van der Waals surface area contributed by atoms with Gasteiger partial charge in [-0.15, -0.1) is 0 Å². The van der Waals surface area contributed by atoms with Gasteiger partial charge in [-0.25, -0.2) is 4.79 Å². The number of carboxylic acid groups (broad SMARTS) is 1. The van der Waals surface area contributed by atoms with Crippen LogP contribution in [0.1, 0.15) is 25.7 Å². The minimum atomic E-state index is -0.737. The van der Waals surface area contributed by atoms with E-state index in [0.29, 0.717) is 13.1 Å². The van der Waals surface area contributed by atoms with E-state index in [1.165, 1.54) is 0 Å². The molecular formula is C13H24N2O3S. The molecule has 0 unspecified atom stereocenters. The van der Waals surface area contributed by atoms with Crippen molar-refractivity contribution in [3.63, 3.8) is 0 Å². The Balaban J connectivity index is 2.29. The zero-order chi connectivity index (χ0) is 14.3. The first-order valence-corrected chi connectivity index (χ1v) is 8.14. The Labute approximate surface area is 119 Å². The van der Waals surface area contributed by atoms with Crippen molar-refractivity contribution in [2.75, 3.05) is 38.7 Å². The Kier molecular flexibility index (Phi) is 7.05. The third kappa shape index (κ3) is 5.72. The van der Waals surface area contributed by atoms with Gasteiger partial charge in [-0.3, -0.25) is 4.79 Å². The fraction of sp³-hybridized carbons (Fsp3) is 0.846. The molecule has 0 aliphatic carbocycles. The van der Waals surface area contributed by atoms with E-state index in [9.17, 15) is 9.59 Å². The SMILES string of the molecule is CSCCCN(C)C(=O)N1CCC(CC(=O)O)CC1. The fourth-order valence-electron chi connectivity index (χ4n) is 2.36. The van der Waals surface area contributed by atoms with Crippen molar-refractivity contribution in [3.05, 3.63) is 0 Å². The summed E-state index contributed by atoms with van der Waals surface area (Å²) < 4.78 is 0. The molecule has 0 atom stereocenters. The first kappa shape index (κ1) is 16.1. The molecule has 0 aromatic rings. The van der Waals surface area contributed by atoms with Gasteiger partial charge in [0.1, 0.15) is 0 Å². The van der Waals surface area contributed by atoms with Crippen LogP contribution in [-0.4, -0.2) is 65.6 Å². The number of thioether (sulfide) groups is 1. The average molecular weight is 288 g/mol. The number of likely N-dealkylation sites (tertiary alicyclic amines) is 1. The van der Waals surface area contributed by atoms with E-state index in [-0.39, 0.29) is 18.4 Å².